The third-order valence-corrected chi connectivity index (χ3v) is 4.35. The van der Waals surface area contributed by atoms with Gasteiger partial charge in [-0.15, -0.1) is 0 Å². The number of hydrogen-bond acceptors (Lipinski definition) is 4. The number of ether oxygens (including phenoxy) is 3. The maximum atomic E-state index is 12.0. The minimum absolute atomic E-state index is 0.0473. The normalized spacial score (nSPS) is 18.5. The lowest BCUT2D eigenvalue weighted by atomic mass is 10.1. The standard InChI is InChI=1S/C22H27NO4/c1-22(2,3)27-21(24)23-19-13-17(19)18-12-16(25-4)10-11-20(18)26-14-15-8-6-5-7-9-15/h5-12,17,19H,13-14H2,1-4H3,(H,23,24). The van der Waals surface area contributed by atoms with E-state index in [1.807, 2.05) is 69.3 Å². The van der Waals surface area contributed by atoms with Crippen molar-refractivity contribution in [1.29, 1.82) is 0 Å². The Morgan fingerprint density at radius 3 is 2.56 bits per heavy atom. The second-order valence-electron chi connectivity index (χ2n) is 7.77. The highest BCUT2D eigenvalue weighted by Gasteiger charge is 2.42. The molecule has 1 amide bonds. The molecule has 5 nitrogen and oxygen atoms in total. The van der Waals surface area contributed by atoms with Crippen LogP contribution in [0.5, 0.6) is 11.5 Å². The van der Waals surface area contributed by atoms with Crippen LogP contribution in [-0.2, 0) is 11.3 Å². The van der Waals surface area contributed by atoms with Crippen LogP contribution in [0, 0.1) is 0 Å². The molecule has 1 aliphatic carbocycles. The van der Waals surface area contributed by atoms with Gasteiger partial charge in [-0.2, -0.15) is 0 Å². The van der Waals surface area contributed by atoms with Crippen LogP contribution < -0.4 is 14.8 Å². The Hall–Kier alpha value is -2.69. The van der Waals surface area contributed by atoms with Crippen LogP contribution >= 0.6 is 0 Å². The molecule has 0 bridgehead atoms. The van der Waals surface area contributed by atoms with Crippen LogP contribution in [0.15, 0.2) is 48.5 Å². The predicted octanol–water partition coefficient (Wildman–Crippen LogP) is 4.65. The van der Waals surface area contributed by atoms with E-state index in [0.717, 1.165) is 29.0 Å². The molecule has 2 aromatic carbocycles. The van der Waals surface area contributed by atoms with Gasteiger partial charge in [0.1, 0.15) is 23.7 Å². The largest absolute Gasteiger partial charge is 0.497 e. The SMILES string of the molecule is COc1ccc(OCc2ccccc2)c(C2CC2NC(=O)OC(C)(C)C)c1. The monoisotopic (exact) mass is 369 g/mol. The summed E-state index contributed by atoms with van der Waals surface area (Å²) in [6.07, 6.45) is 0.471. The van der Waals surface area contributed by atoms with E-state index in [1.54, 1.807) is 7.11 Å². The van der Waals surface area contributed by atoms with Gasteiger partial charge in [0, 0.05) is 17.5 Å². The van der Waals surface area contributed by atoms with Gasteiger partial charge in [0.05, 0.1) is 7.11 Å². The Morgan fingerprint density at radius 1 is 1.15 bits per heavy atom. The first-order chi connectivity index (χ1) is 12.9. The van der Waals surface area contributed by atoms with E-state index in [9.17, 15) is 4.79 Å². The van der Waals surface area contributed by atoms with E-state index >= 15 is 0 Å². The molecule has 27 heavy (non-hydrogen) atoms. The van der Waals surface area contributed by atoms with E-state index in [-0.39, 0.29) is 18.1 Å². The molecule has 1 saturated carbocycles. The molecule has 0 aromatic heterocycles. The summed E-state index contributed by atoms with van der Waals surface area (Å²) in [7, 11) is 1.65. The highest BCUT2D eigenvalue weighted by molar-refractivity contribution is 5.69. The smallest absolute Gasteiger partial charge is 0.407 e. The molecule has 5 heteroatoms. The van der Waals surface area contributed by atoms with Crippen molar-refractivity contribution < 1.29 is 19.0 Å². The molecular weight excluding hydrogens is 342 g/mol. The number of rotatable bonds is 6. The lowest BCUT2D eigenvalue weighted by molar-refractivity contribution is 0.0522. The fourth-order valence-electron chi connectivity index (χ4n) is 2.97. The molecule has 144 valence electrons. The van der Waals surface area contributed by atoms with Crippen LogP contribution in [0.4, 0.5) is 4.79 Å². The molecule has 1 aliphatic rings. The number of alkyl carbamates (subject to hydrolysis) is 1. The molecule has 2 unspecified atom stereocenters. The number of amides is 1. The Balaban J connectivity index is 1.68. The number of hydrogen-bond donors (Lipinski definition) is 1. The minimum atomic E-state index is -0.506. The van der Waals surface area contributed by atoms with E-state index in [1.165, 1.54) is 0 Å². The Morgan fingerprint density at radius 2 is 1.89 bits per heavy atom. The lowest BCUT2D eigenvalue weighted by Crippen LogP contribution is -2.34. The van der Waals surface area contributed by atoms with Crippen LogP contribution in [0.2, 0.25) is 0 Å². The summed E-state index contributed by atoms with van der Waals surface area (Å²) < 4.78 is 16.8. The van der Waals surface area contributed by atoms with Crippen molar-refractivity contribution in [1.82, 2.24) is 5.32 Å². The molecule has 2 atom stereocenters. The van der Waals surface area contributed by atoms with Gasteiger partial charge in [0.25, 0.3) is 0 Å². The molecule has 0 radical (unpaired) electrons. The fraction of sp³-hybridized carbons (Fsp3) is 0.409. The number of carbonyl (C=O) groups excluding carboxylic acids is 1. The van der Waals surface area contributed by atoms with Crippen molar-refractivity contribution in [3.8, 4) is 11.5 Å². The first-order valence-electron chi connectivity index (χ1n) is 9.20. The van der Waals surface area contributed by atoms with E-state index in [2.05, 4.69) is 5.32 Å². The van der Waals surface area contributed by atoms with Crippen LogP contribution in [0.25, 0.3) is 0 Å². The second kappa shape index (κ2) is 7.91. The molecule has 0 aliphatic heterocycles. The van der Waals surface area contributed by atoms with Gasteiger partial charge >= 0.3 is 6.09 Å². The van der Waals surface area contributed by atoms with Crippen molar-refractivity contribution in [3.63, 3.8) is 0 Å². The molecule has 0 spiro atoms. The number of methoxy groups -OCH3 is 1. The van der Waals surface area contributed by atoms with Gasteiger partial charge < -0.3 is 19.5 Å². The quantitative estimate of drug-likeness (QED) is 0.805. The molecule has 1 N–H and O–H groups in total. The summed E-state index contributed by atoms with van der Waals surface area (Å²) in [5.74, 6) is 1.79. The molecule has 0 heterocycles. The molecule has 1 fully saturated rings. The van der Waals surface area contributed by atoms with Crippen molar-refractivity contribution in [2.24, 2.45) is 0 Å². The van der Waals surface area contributed by atoms with Crippen molar-refractivity contribution in [2.45, 2.75) is 51.4 Å². The molecule has 2 aromatic rings. The lowest BCUT2D eigenvalue weighted by Gasteiger charge is -2.20. The van der Waals surface area contributed by atoms with Crippen LogP contribution in [0.3, 0.4) is 0 Å². The molecular formula is C22H27NO4. The highest BCUT2D eigenvalue weighted by atomic mass is 16.6. The fourth-order valence-corrected chi connectivity index (χ4v) is 2.97. The van der Waals surface area contributed by atoms with Gasteiger partial charge in [-0.25, -0.2) is 4.79 Å². The number of benzene rings is 2. The summed E-state index contributed by atoms with van der Waals surface area (Å²) in [5, 5.41) is 2.94. The van der Waals surface area contributed by atoms with Gasteiger partial charge in [0.2, 0.25) is 0 Å². The number of nitrogens with one attached hydrogen (secondary N) is 1. The average Bonchev–Trinajstić information content (AvgIpc) is 3.37. The zero-order valence-electron chi connectivity index (χ0n) is 16.3. The molecule has 3 rings (SSSR count). The van der Waals surface area contributed by atoms with Crippen LogP contribution in [0.1, 0.15) is 44.2 Å². The van der Waals surface area contributed by atoms with E-state index in [0.29, 0.717) is 6.61 Å². The average molecular weight is 369 g/mol. The van der Waals surface area contributed by atoms with Crippen molar-refractivity contribution in [2.75, 3.05) is 7.11 Å². The second-order valence-corrected chi connectivity index (χ2v) is 7.77. The minimum Gasteiger partial charge on any atom is -0.497 e. The topological polar surface area (TPSA) is 56.8 Å². The zero-order valence-corrected chi connectivity index (χ0v) is 16.3. The first kappa shape index (κ1) is 19.1. The summed E-state index contributed by atoms with van der Waals surface area (Å²) in [6, 6.07) is 15.9. The maximum Gasteiger partial charge on any atom is 0.407 e. The Bertz CT molecular complexity index is 783. The van der Waals surface area contributed by atoms with Crippen molar-refractivity contribution >= 4 is 6.09 Å². The van der Waals surface area contributed by atoms with Gasteiger partial charge in [-0.1, -0.05) is 30.3 Å². The third-order valence-electron chi connectivity index (χ3n) is 4.35. The summed E-state index contributed by atoms with van der Waals surface area (Å²) >= 11 is 0. The third kappa shape index (κ3) is 5.39. The highest BCUT2D eigenvalue weighted by Crippen LogP contribution is 2.46. The summed E-state index contributed by atoms with van der Waals surface area (Å²) in [6.45, 7) is 6.06. The Kier molecular flexibility index (Phi) is 5.59. The first-order valence-corrected chi connectivity index (χ1v) is 9.20. The number of carbonyl (C=O) groups is 1. The summed E-state index contributed by atoms with van der Waals surface area (Å²) in [4.78, 5) is 12.0. The zero-order chi connectivity index (χ0) is 19.4. The van der Waals surface area contributed by atoms with Gasteiger partial charge in [0.15, 0.2) is 0 Å². The van der Waals surface area contributed by atoms with Gasteiger partial charge in [-0.3, -0.25) is 0 Å². The van der Waals surface area contributed by atoms with E-state index in [4.69, 9.17) is 14.2 Å². The Labute approximate surface area is 160 Å². The summed E-state index contributed by atoms with van der Waals surface area (Å²) in [5.41, 5.74) is 1.65. The molecule has 0 saturated heterocycles. The van der Waals surface area contributed by atoms with Crippen LogP contribution in [-0.4, -0.2) is 24.8 Å². The predicted molar refractivity (Wildman–Crippen MR) is 104 cm³/mol. The van der Waals surface area contributed by atoms with Gasteiger partial charge in [-0.05, 0) is 51.0 Å². The van der Waals surface area contributed by atoms with Crippen molar-refractivity contribution in [3.05, 3.63) is 59.7 Å². The van der Waals surface area contributed by atoms with E-state index < -0.39 is 5.60 Å². The maximum absolute atomic E-state index is 12.0.